The van der Waals surface area contributed by atoms with Crippen LogP contribution in [0.25, 0.3) is 0 Å². The van der Waals surface area contributed by atoms with Gasteiger partial charge in [-0.15, -0.1) is 0 Å². The van der Waals surface area contributed by atoms with E-state index in [0.29, 0.717) is 23.8 Å². The van der Waals surface area contributed by atoms with Crippen molar-refractivity contribution in [3.8, 4) is 0 Å². The second-order valence-electron chi connectivity index (χ2n) is 7.03. The number of piperidine rings is 1. The van der Waals surface area contributed by atoms with E-state index in [9.17, 15) is 9.59 Å². The average Bonchev–Trinajstić information content (AvgIpc) is 2.81. The van der Waals surface area contributed by atoms with Gasteiger partial charge in [-0.2, -0.15) is 0 Å². The number of aromatic nitrogens is 1. The third kappa shape index (κ3) is 3.13. The number of ether oxygens (including phenoxy) is 2. The largest absolute Gasteiger partial charge is 0.444 e. The number of alkyl carbamates (subject to hydrolysis) is 1. The molecule has 0 spiro atoms. The number of likely N-dealkylation sites (tertiary alicyclic amines) is 1. The number of fused-ring (bicyclic) bond motifs is 1. The Balaban J connectivity index is 1.91. The van der Waals surface area contributed by atoms with Crippen LogP contribution in [0.4, 0.5) is 9.59 Å². The highest BCUT2D eigenvalue weighted by Gasteiger charge is 2.55. The molecule has 0 aromatic carbocycles. The number of nitrogens with one attached hydrogen (secondary N) is 1. The molecule has 3 rings (SSSR count). The summed E-state index contributed by atoms with van der Waals surface area (Å²) >= 11 is 6.00. The van der Waals surface area contributed by atoms with Gasteiger partial charge in [0.2, 0.25) is 0 Å². The minimum Gasteiger partial charge on any atom is -0.444 e. The minimum absolute atomic E-state index is 0.214. The fraction of sp³-hybridized carbons (Fsp3) is 0.562. The molecule has 3 heterocycles. The lowest BCUT2D eigenvalue weighted by Crippen LogP contribution is -2.60. The number of carbonyl (C=O) groups is 2. The monoisotopic (exact) mass is 353 g/mol. The Bertz CT molecular complexity index is 676. The zero-order valence-electron chi connectivity index (χ0n) is 13.8. The third-order valence-electron chi connectivity index (χ3n) is 4.05. The lowest BCUT2D eigenvalue weighted by atomic mass is 9.83. The van der Waals surface area contributed by atoms with Crippen LogP contribution in [-0.2, 0) is 15.0 Å². The molecule has 1 N–H and O–H groups in total. The Morgan fingerprint density at radius 2 is 2.25 bits per heavy atom. The van der Waals surface area contributed by atoms with Crippen LogP contribution < -0.4 is 5.32 Å². The van der Waals surface area contributed by atoms with Gasteiger partial charge in [-0.3, -0.25) is 0 Å². The summed E-state index contributed by atoms with van der Waals surface area (Å²) < 4.78 is 10.8. The summed E-state index contributed by atoms with van der Waals surface area (Å²) in [7, 11) is 0. The molecule has 2 amide bonds. The summed E-state index contributed by atoms with van der Waals surface area (Å²) in [6.07, 6.45) is -0.863. The molecule has 130 valence electrons. The van der Waals surface area contributed by atoms with Crippen LogP contribution in [0.15, 0.2) is 18.2 Å². The first-order valence-electron chi connectivity index (χ1n) is 7.79. The number of carbonyl (C=O) groups excluding carboxylic acids is 2. The number of hydrogen-bond donors (Lipinski definition) is 1. The Labute approximate surface area is 145 Å². The smallest absolute Gasteiger partial charge is 0.410 e. The second-order valence-corrected chi connectivity index (χ2v) is 7.41. The lowest BCUT2D eigenvalue weighted by Gasteiger charge is -2.41. The number of amides is 2. The van der Waals surface area contributed by atoms with Gasteiger partial charge in [-0.25, -0.2) is 14.6 Å². The molecule has 2 saturated heterocycles. The fourth-order valence-corrected chi connectivity index (χ4v) is 3.23. The summed E-state index contributed by atoms with van der Waals surface area (Å²) in [6, 6.07) is 5.18. The van der Waals surface area contributed by atoms with Crippen molar-refractivity contribution in [2.75, 3.05) is 13.1 Å². The van der Waals surface area contributed by atoms with Gasteiger partial charge in [0.05, 0.1) is 12.2 Å². The molecule has 8 heteroatoms. The molecule has 2 aliphatic heterocycles. The number of pyridine rings is 1. The molecular weight excluding hydrogens is 334 g/mol. The average molecular weight is 354 g/mol. The van der Waals surface area contributed by atoms with Gasteiger partial charge in [0.25, 0.3) is 0 Å². The molecule has 1 aromatic rings. The van der Waals surface area contributed by atoms with Crippen molar-refractivity contribution >= 4 is 23.8 Å². The molecule has 0 radical (unpaired) electrons. The first-order valence-corrected chi connectivity index (χ1v) is 8.17. The molecule has 7 nitrogen and oxygen atoms in total. The molecular formula is C16H20ClN3O4. The van der Waals surface area contributed by atoms with E-state index in [-0.39, 0.29) is 6.54 Å². The summed E-state index contributed by atoms with van der Waals surface area (Å²) in [4.78, 5) is 30.2. The maximum absolute atomic E-state index is 12.4. The molecule has 2 atom stereocenters. The SMILES string of the molecule is CC(C)(C)OC(=O)N1CCC2OC(=O)NC2(c2cccc(Cl)n2)C1. The van der Waals surface area contributed by atoms with Crippen molar-refractivity contribution in [2.24, 2.45) is 0 Å². The highest BCUT2D eigenvalue weighted by molar-refractivity contribution is 6.29. The zero-order chi connectivity index (χ0) is 17.5. The minimum atomic E-state index is -0.920. The zero-order valence-corrected chi connectivity index (χ0v) is 14.6. The molecule has 0 saturated carbocycles. The third-order valence-corrected chi connectivity index (χ3v) is 4.26. The number of hydrogen-bond acceptors (Lipinski definition) is 5. The summed E-state index contributed by atoms with van der Waals surface area (Å²) in [6.45, 7) is 6.09. The van der Waals surface area contributed by atoms with Crippen molar-refractivity contribution in [2.45, 2.75) is 44.4 Å². The fourth-order valence-electron chi connectivity index (χ4n) is 3.07. The molecule has 0 aliphatic carbocycles. The Morgan fingerprint density at radius 1 is 1.50 bits per heavy atom. The maximum Gasteiger partial charge on any atom is 0.410 e. The van der Waals surface area contributed by atoms with Crippen LogP contribution in [-0.4, -0.2) is 46.9 Å². The molecule has 1 aromatic heterocycles. The van der Waals surface area contributed by atoms with E-state index in [1.807, 2.05) is 20.8 Å². The van der Waals surface area contributed by atoms with Crippen molar-refractivity contribution < 1.29 is 19.1 Å². The summed E-state index contributed by atoms with van der Waals surface area (Å²) in [5.41, 5.74) is -0.943. The van der Waals surface area contributed by atoms with Crippen LogP contribution in [0.1, 0.15) is 32.9 Å². The molecule has 24 heavy (non-hydrogen) atoms. The van der Waals surface area contributed by atoms with E-state index < -0.39 is 29.4 Å². The standard InChI is InChI=1S/C16H20ClN3O4/c1-15(2,3)24-14(22)20-8-7-11-16(9-20,19-13(21)23-11)10-5-4-6-12(17)18-10/h4-6,11H,7-9H2,1-3H3,(H,19,21). The second kappa shape index (κ2) is 5.81. The maximum atomic E-state index is 12.4. The van der Waals surface area contributed by atoms with E-state index in [4.69, 9.17) is 21.1 Å². The van der Waals surface area contributed by atoms with Gasteiger partial charge in [0, 0.05) is 13.0 Å². The van der Waals surface area contributed by atoms with E-state index >= 15 is 0 Å². The van der Waals surface area contributed by atoms with Gasteiger partial charge in [-0.05, 0) is 32.9 Å². The van der Waals surface area contributed by atoms with Crippen LogP contribution in [0.2, 0.25) is 5.15 Å². The van der Waals surface area contributed by atoms with Crippen LogP contribution in [0.5, 0.6) is 0 Å². The highest BCUT2D eigenvalue weighted by Crippen LogP contribution is 2.37. The summed E-state index contributed by atoms with van der Waals surface area (Å²) in [5.74, 6) is 0. The molecule has 2 aliphatic rings. The first kappa shape index (κ1) is 16.8. The number of nitrogens with zero attached hydrogens (tertiary/aromatic N) is 2. The predicted octanol–water partition coefficient (Wildman–Crippen LogP) is 2.68. The van der Waals surface area contributed by atoms with Crippen molar-refractivity contribution in [1.29, 1.82) is 0 Å². The van der Waals surface area contributed by atoms with Crippen molar-refractivity contribution in [3.05, 3.63) is 29.0 Å². The van der Waals surface area contributed by atoms with Gasteiger partial charge in [0.1, 0.15) is 22.4 Å². The summed E-state index contributed by atoms with van der Waals surface area (Å²) in [5, 5.41) is 3.14. The van der Waals surface area contributed by atoms with Crippen LogP contribution >= 0.6 is 11.6 Å². The van der Waals surface area contributed by atoms with Crippen molar-refractivity contribution in [3.63, 3.8) is 0 Å². The molecule has 2 fully saturated rings. The lowest BCUT2D eigenvalue weighted by molar-refractivity contribution is -0.00661. The van der Waals surface area contributed by atoms with E-state index in [1.165, 1.54) is 0 Å². The molecule has 2 unspecified atom stereocenters. The Morgan fingerprint density at radius 3 is 2.92 bits per heavy atom. The van der Waals surface area contributed by atoms with Crippen LogP contribution in [0, 0.1) is 0 Å². The Hall–Kier alpha value is -2.02. The van der Waals surface area contributed by atoms with Gasteiger partial charge in [-0.1, -0.05) is 17.7 Å². The van der Waals surface area contributed by atoms with E-state index in [0.717, 1.165) is 0 Å². The number of rotatable bonds is 1. The van der Waals surface area contributed by atoms with Crippen molar-refractivity contribution in [1.82, 2.24) is 15.2 Å². The van der Waals surface area contributed by atoms with Gasteiger partial charge < -0.3 is 19.7 Å². The van der Waals surface area contributed by atoms with Gasteiger partial charge >= 0.3 is 12.2 Å². The first-order chi connectivity index (χ1) is 11.2. The number of halogens is 1. The van der Waals surface area contributed by atoms with Crippen LogP contribution in [0.3, 0.4) is 0 Å². The predicted molar refractivity (Wildman–Crippen MR) is 86.8 cm³/mol. The van der Waals surface area contributed by atoms with Gasteiger partial charge in [0.15, 0.2) is 0 Å². The Kier molecular flexibility index (Phi) is 4.07. The topological polar surface area (TPSA) is 80.8 Å². The quantitative estimate of drug-likeness (QED) is 0.785. The normalized spacial score (nSPS) is 26.4. The highest BCUT2D eigenvalue weighted by atomic mass is 35.5. The van der Waals surface area contributed by atoms with E-state index in [1.54, 1.807) is 23.1 Å². The van der Waals surface area contributed by atoms with E-state index in [2.05, 4.69) is 10.3 Å². The molecule has 0 bridgehead atoms.